The van der Waals surface area contributed by atoms with E-state index in [-0.39, 0.29) is 115 Å². The minimum absolute atomic E-state index is 0.0334. The molecule has 0 radical (unpaired) electrons. The van der Waals surface area contributed by atoms with Crippen molar-refractivity contribution in [3.05, 3.63) is 0 Å². The molecule has 0 unspecified atom stereocenters. The molecule has 8 N–H and O–H groups in total. The number of hydrazone groups is 1. The number of carboxylic acid groups (broad SMARTS) is 3. The molecule has 0 aliphatic rings. The Bertz CT molecular complexity index is 1240. The Morgan fingerprint density at radius 1 is 0.435 bits per heavy atom. The normalized spacial score (nSPS) is 11.9. The fourth-order valence-corrected chi connectivity index (χ4v) is 6.02. The highest BCUT2D eigenvalue weighted by Gasteiger charge is 2.21. The molecular weight excluding hydrogens is 812 g/mol. The van der Waals surface area contributed by atoms with Crippen molar-refractivity contribution in [2.45, 2.75) is 147 Å². The number of aliphatic carboxylic acids is 3. The molecule has 0 rings (SSSR count). The summed E-state index contributed by atoms with van der Waals surface area (Å²) in [5.74, 6) is -4.25. The number of ether oxygens (including phenoxy) is 4. The molecule has 20 nitrogen and oxygen atoms in total. The predicted molar refractivity (Wildman–Crippen MR) is 231 cm³/mol. The van der Waals surface area contributed by atoms with E-state index in [1.807, 2.05) is 0 Å². The highest BCUT2D eigenvalue weighted by molar-refractivity contribution is 5.84. The lowest BCUT2D eigenvalue weighted by molar-refractivity contribution is -0.142. The summed E-state index contributed by atoms with van der Waals surface area (Å²) in [6.45, 7) is 4.93. The molecule has 0 aromatic carbocycles. The molecule has 4 amide bonds. The van der Waals surface area contributed by atoms with Gasteiger partial charge >= 0.3 is 17.9 Å². The maximum absolute atomic E-state index is 12.3. The quantitative estimate of drug-likeness (QED) is 0.0248. The summed E-state index contributed by atoms with van der Waals surface area (Å²) in [4.78, 5) is 81.4. The molecule has 0 aromatic rings. The van der Waals surface area contributed by atoms with Crippen LogP contribution in [0.15, 0.2) is 5.10 Å². The van der Waals surface area contributed by atoms with E-state index in [4.69, 9.17) is 29.2 Å². The average Bonchev–Trinajstić information content (AvgIpc) is 3.23. The highest BCUT2D eigenvalue weighted by atomic mass is 16.5. The van der Waals surface area contributed by atoms with Gasteiger partial charge in [0.15, 0.2) is 0 Å². The molecule has 0 saturated carbocycles. The summed E-state index contributed by atoms with van der Waals surface area (Å²) in [6.07, 6.45) is 16.9. The number of carboxylic acids is 3. The van der Waals surface area contributed by atoms with Crippen molar-refractivity contribution in [3.63, 3.8) is 0 Å². The smallest absolute Gasteiger partial charge is 0.327 e. The van der Waals surface area contributed by atoms with Gasteiger partial charge in [-0.05, 0) is 38.5 Å². The summed E-state index contributed by atoms with van der Waals surface area (Å²) in [7, 11) is 0. The van der Waals surface area contributed by atoms with Crippen LogP contribution in [0.4, 0.5) is 0 Å². The molecule has 0 heterocycles. The number of hydrogen-bond donors (Lipinski definition) is 8. The minimum Gasteiger partial charge on any atom is -0.481 e. The Morgan fingerprint density at radius 2 is 0.871 bits per heavy atom. The Morgan fingerprint density at radius 3 is 1.34 bits per heavy atom. The Kier molecular flexibility index (Phi) is 39.0. The van der Waals surface area contributed by atoms with E-state index in [9.17, 15) is 38.7 Å². The van der Waals surface area contributed by atoms with E-state index in [2.05, 4.69) is 38.5 Å². The fourth-order valence-electron chi connectivity index (χ4n) is 6.02. The predicted octanol–water partition coefficient (Wildman–Crippen LogP) is 2.91. The number of rotatable bonds is 46. The van der Waals surface area contributed by atoms with Crippen LogP contribution in [0, 0.1) is 0 Å². The number of hydrogen-bond acceptors (Lipinski definition) is 13. The lowest BCUT2D eigenvalue weighted by Gasteiger charge is -2.14. The summed E-state index contributed by atoms with van der Waals surface area (Å²) in [5.41, 5.74) is 2.42. The summed E-state index contributed by atoms with van der Waals surface area (Å²) >= 11 is 0. The third-order valence-corrected chi connectivity index (χ3v) is 9.47. The summed E-state index contributed by atoms with van der Waals surface area (Å²) in [6, 6.07) is -1.96. The van der Waals surface area contributed by atoms with Gasteiger partial charge in [-0.1, -0.05) is 77.0 Å². The Balaban J connectivity index is 3.66. The first-order chi connectivity index (χ1) is 30.0. The van der Waals surface area contributed by atoms with E-state index in [0.29, 0.717) is 32.2 Å². The Labute approximate surface area is 366 Å². The first kappa shape index (κ1) is 57.6. The largest absolute Gasteiger partial charge is 0.481 e. The maximum Gasteiger partial charge on any atom is 0.327 e. The molecule has 0 spiro atoms. The number of unbranched alkanes of at least 4 members (excludes halogenated alkanes) is 14. The van der Waals surface area contributed by atoms with Gasteiger partial charge < -0.3 is 55.5 Å². The van der Waals surface area contributed by atoms with Crippen molar-refractivity contribution in [1.29, 1.82) is 0 Å². The monoisotopic (exact) mass is 889 g/mol. The van der Waals surface area contributed by atoms with Gasteiger partial charge in [-0.2, -0.15) is 5.10 Å². The zero-order valence-corrected chi connectivity index (χ0v) is 36.8. The van der Waals surface area contributed by atoms with Crippen molar-refractivity contribution in [1.82, 2.24) is 26.7 Å². The van der Waals surface area contributed by atoms with E-state index in [0.717, 1.165) is 44.9 Å². The summed E-state index contributed by atoms with van der Waals surface area (Å²) in [5, 5.41) is 41.1. The third-order valence-electron chi connectivity index (χ3n) is 9.47. The molecule has 0 aromatic heterocycles. The third kappa shape index (κ3) is 39.7. The van der Waals surface area contributed by atoms with Crippen molar-refractivity contribution in [2.75, 3.05) is 72.5 Å². The van der Waals surface area contributed by atoms with Crippen LogP contribution >= 0.6 is 0 Å². The lowest BCUT2D eigenvalue weighted by atomic mass is 10.0. The van der Waals surface area contributed by atoms with Gasteiger partial charge in [-0.3, -0.25) is 29.4 Å². The first-order valence-corrected chi connectivity index (χ1v) is 22.2. The van der Waals surface area contributed by atoms with Gasteiger partial charge in [0.05, 0.1) is 39.6 Å². The number of carbonyl (C=O) groups is 7. The molecule has 0 aliphatic carbocycles. The van der Waals surface area contributed by atoms with Crippen molar-refractivity contribution in [3.8, 4) is 0 Å². The van der Waals surface area contributed by atoms with Crippen LogP contribution in [-0.4, -0.2) is 148 Å². The number of nitrogens with zero attached hydrogens (tertiary/aromatic N) is 1. The van der Waals surface area contributed by atoms with E-state index in [1.165, 1.54) is 38.5 Å². The van der Waals surface area contributed by atoms with Crippen molar-refractivity contribution < 1.29 is 67.8 Å². The number of carbonyl (C=O) groups excluding carboxylic acids is 4. The molecule has 0 fully saturated rings. The van der Waals surface area contributed by atoms with Crippen LogP contribution in [0.2, 0.25) is 0 Å². The molecule has 2 atom stereocenters. The first-order valence-electron chi connectivity index (χ1n) is 22.2. The van der Waals surface area contributed by atoms with Crippen molar-refractivity contribution in [2.24, 2.45) is 5.10 Å². The standard InChI is InChI=1S/C42H76N6O14/c1-43-48-35(42(57)58)18-16-17-23-44-38(51)32-61-30-29-60-27-25-46-39(52)33-62-31-28-59-26-24-45-36(49)22-21-34(41(55)56)47-37(50)19-14-12-10-8-6-4-2-3-5-7-9-11-13-15-20-40(53)54/h34-35,48H,1-33H2,(H,44,51)(H,45,49)(H,46,52)(H,47,50)(H,53,54)(H,55,56)(H,57,58)/t34-,35-/m0/s1. The van der Waals surface area contributed by atoms with Gasteiger partial charge in [0.25, 0.3) is 0 Å². The second kappa shape index (κ2) is 41.9. The number of amides is 4. The second-order valence-electron chi connectivity index (χ2n) is 14.9. The maximum atomic E-state index is 12.3. The van der Waals surface area contributed by atoms with Crippen LogP contribution in [-0.2, 0) is 52.5 Å². The van der Waals surface area contributed by atoms with Gasteiger partial charge in [0, 0.05) is 45.6 Å². The summed E-state index contributed by atoms with van der Waals surface area (Å²) < 4.78 is 21.3. The average molecular weight is 889 g/mol. The van der Waals surface area contributed by atoms with Gasteiger partial charge in [-0.25, -0.2) is 9.59 Å². The molecular formula is C42H76N6O14. The highest BCUT2D eigenvalue weighted by Crippen LogP contribution is 2.14. The molecule has 0 bridgehead atoms. The second-order valence-corrected chi connectivity index (χ2v) is 14.9. The van der Waals surface area contributed by atoms with E-state index < -0.39 is 30.0 Å². The molecule has 0 saturated heterocycles. The van der Waals surface area contributed by atoms with Gasteiger partial charge in [0.1, 0.15) is 25.3 Å². The van der Waals surface area contributed by atoms with Crippen LogP contribution in [0.25, 0.3) is 0 Å². The SMILES string of the molecule is C=NN[C@@H](CCCCNC(=O)COCCOCCNC(=O)COCCOCCNC(=O)CC[C@H](NC(=O)CCCCCCCCCCCCCCCCC(=O)O)C(=O)O)C(=O)O. The molecule has 358 valence electrons. The van der Waals surface area contributed by atoms with E-state index >= 15 is 0 Å². The minimum atomic E-state index is -1.19. The lowest BCUT2D eigenvalue weighted by Crippen LogP contribution is -2.41. The Hall–Kier alpha value is -4.40. The molecule has 20 heteroatoms. The van der Waals surface area contributed by atoms with Crippen LogP contribution < -0.4 is 26.7 Å². The molecule has 62 heavy (non-hydrogen) atoms. The van der Waals surface area contributed by atoms with Crippen LogP contribution in [0.1, 0.15) is 135 Å². The zero-order chi connectivity index (χ0) is 45.9. The van der Waals surface area contributed by atoms with Crippen LogP contribution in [0.3, 0.4) is 0 Å². The fraction of sp³-hybridized carbons (Fsp3) is 0.810. The van der Waals surface area contributed by atoms with E-state index in [1.54, 1.807) is 0 Å². The topological polar surface area (TPSA) is 290 Å². The number of nitrogens with one attached hydrogen (secondary N) is 5. The van der Waals surface area contributed by atoms with Crippen LogP contribution in [0.5, 0.6) is 0 Å². The molecule has 0 aliphatic heterocycles. The van der Waals surface area contributed by atoms with Crippen molar-refractivity contribution >= 4 is 48.3 Å². The zero-order valence-electron chi connectivity index (χ0n) is 36.8. The van der Waals surface area contributed by atoms with Gasteiger partial charge in [-0.15, -0.1) is 0 Å². The van der Waals surface area contributed by atoms with Gasteiger partial charge in [0.2, 0.25) is 23.6 Å².